The molecule has 0 unspecified atom stereocenters. The first-order valence-electron chi connectivity index (χ1n) is 8.85. The van der Waals surface area contributed by atoms with Gasteiger partial charge in [0.25, 0.3) is 0 Å². The van der Waals surface area contributed by atoms with Crippen LogP contribution in [0.1, 0.15) is 71.6 Å². The highest BCUT2D eigenvalue weighted by molar-refractivity contribution is 5.99. The number of ether oxygens (including phenoxy) is 1. The fourth-order valence-corrected chi connectivity index (χ4v) is 4.30. The molecule has 2 fully saturated rings. The minimum absolute atomic E-state index is 0.125. The Labute approximate surface area is 128 Å². The van der Waals surface area contributed by atoms with Crippen LogP contribution in [0.5, 0.6) is 0 Å². The molecular weight excluding hydrogens is 264 g/mol. The Morgan fingerprint density at radius 1 is 1.05 bits per heavy atom. The van der Waals surface area contributed by atoms with E-state index in [1.165, 1.54) is 38.5 Å². The Morgan fingerprint density at radius 3 is 2.29 bits per heavy atom. The maximum atomic E-state index is 12.2. The smallest absolute Gasteiger partial charge is 0.316 e. The molecule has 0 aromatic heterocycles. The van der Waals surface area contributed by atoms with E-state index in [9.17, 15) is 9.59 Å². The number of hydrogen-bond donors (Lipinski definition) is 0. The van der Waals surface area contributed by atoms with Crippen LogP contribution in [0.15, 0.2) is 0 Å². The topological polar surface area (TPSA) is 43.4 Å². The van der Waals surface area contributed by atoms with Gasteiger partial charge in [0.05, 0.1) is 6.61 Å². The summed E-state index contributed by atoms with van der Waals surface area (Å²) in [5, 5.41) is 0. The summed E-state index contributed by atoms with van der Waals surface area (Å²) in [6, 6.07) is 0. The van der Waals surface area contributed by atoms with Gasteiger partial charge < -0.3 is 4.74 Å². The van der Waals surface area contributed by atoms with Crippen LogP contribution in [0.4, 0.5) is 0 Å². The molecule has 3 nitrogen and oxygen atoms in total. The van der Waals surface area contributed by atoms with Gasteiger partial charge >= 0.3 is 5.97 Å². The number of carbonyl (C=O) groups is 2. The lowest BCUT2D eigenvalue weighted by atomic mass is 9.68. The largest absolute Gasteiger partial charge is 0.465 e. The van der Waals surface area contributed by atoms with Crippen molar-refractivity contribution in [3.8, 4) is 0 Å². The van der Waals surface area contributed by atoms with Crippen LogP contribution in [0, 0.1) is 23.7 Å². The average molecular weight is 294 g/mol. The fourth-order valence-electron chi connectivity index (χ4n) is 4.30. The third kappa shape index (κ3) is 4.31. The number of Topliss-reactive ketones (excluding diaryl/α,β-unsaturated/α-hetero) is 1. The molecule has 2 atom stereocenters. The fraction of sp³-hybridized carbons (Fsp3) is 0.889. The summed E-state index contributed by atoms with van der Waals surface area (Å²) in [6.45, 7) is 4.43. The second-order valence-corrected chi connectivity index (χ2v) is 6.88. The molecule has 0 saturated heterocycles. The predicted molar refractivity (Wildman–Crippen MR) is 82.8 cm³/mol. The maximum Gasteiger partial charge on any atom is 0.316 e. The highest BCUT2D eigenvalue weighted by atomic mass is 16.5. The van der Waals surface area contributed by atoms with Gasteiger partial charge in [-0.15, -0.1) is 0 Å². The maximum absolute atomic E-state index is 12.2. The van der Waals surface area contributed by atoms with Crippen LogP contribution >= 0.6 is 0 Å². The molecule has 21 heavy (non-hydrogen) atoms. The Bertz CT molecular complexity index is 355. The van der Waals surface area contributed by atoms with Gasteiger partial charge in [-0.25, -0.2) is 0 Å². The molecule has 0 heterocycles. The molecular formula is C18H30O3. The molecule has 2 aliphatic rings. The lowest BCUT2D eigenvalue weighted by Crippen LogP contribution is -2.35. The van der Waals surface area contributed by atoms with E-state index in [2.05, 4.69) is 6.92 Å². The monoisotopic (exact) mass is 294 g/mol. The van der Waals surface area contributed by atoms with Gasteiger partial charge in [0, 0.05) is 6.42 Å². The molecule has 0 aromatic rings. The molecule has 0 aromatic carbocycles. The van der Waals surface area contributed by atoms with E-state index in [4.69, 9.17) is 4.74 Å². The summed E-state index contributed by atoms with van der Waals surface area (Å²) in [7, 11) is 0. The summed E-state index contributed by atoms with van der Waals surface area (Å²) in [4.78, 5) is 24.0. The zero-order valence-electron chi connectivity index (χ0n) is 13.6. The van der Waals surface area contributed by atoms with Crippen molar-refractivity contribution in [2.45, 2.75) is 71.6 Å². The molecule has 0 radical (unpaired) electrons. The number of esters is 1. The zero-order valence-corrected chi connectivity index (χ0v) is 13.6. The van der Waals surface area contributed by atoms with Gasteiger partial charge in [0.1, 0.15) is 11.7 Å². The Hall–Kier alpha value is -0.860. The van der Waals surface area contributed by atoms with E-state index in [1.54, 1.807) is 6.92 Å². The summed E-state index contributed by atoms with van der Waals surface area (Å²) in [5.74, 6) is 1.50. The van der Waals surface area contributed by atoms with Crippen LogP contribution in [0.2, 0.25) is 0 Å². The minimum atomic E-state index is -0.474. The first-order chi connectivity index (χ1) is 10.2. The quantitative estimate of drug-likeness (QED) is 0.565. The lowest BCUT2D eigenvalue weighted by Gasteiger charge is -2.36. The van der Waals surface area contributed by atoms with Crippen molar-refractivity contribution >= 4 is 11.8 Å². The highest BCUT2D eigenvalue weighted by Crippen LogP contribution is 2.41. The molecule has 3 heteroatoms. The van der Waals surface area contributed by atoms with Crippen molar-refractivity contribution in [2.75, 3.05) is 6.61 Å². The van der Waals surface area contributed by atoms with Crippen molar-refractivity contribution in [1.82, 2.24) is 0 Å². The Morgan fingerprint density at radius 2 is 1.71 bits per heavy atom. The summed E-state index contributed by atoms with van der Waals surface area (Å²) < 4.78 is 5.01. The van der Waals surface area contributed by atoms with Crippen LogP contribution in [0.3, 0.4) is 0 Å². The third-order valence-electron chi connectivity index (χ3n) is 5.50. The highest BCUT2D eigenvalue weighted by Gasteiger charge is 2.38. The number of hydrogen-bond acceptors (Lipinski definition) is 3. The van der Waals surface area contributed by atoms with Crippen molar-refractivity contribution in [2.24, 2.45) is 23.7 Å². The number of ketones is 1. The van der Waals surface area contributed by atoms with E-state index >= 15 is 0 Å². The lowest BCUT2D eigenvalue weighted by molar-refractivity contribution is -0.153. The molecule has 2 rings (SSSR count). The van der Waals surface area contributed by atoms with E-state index in [0.717, 1.165) is 12.3 Å². The van der Waals surface area contributed by atoms with E-state index < -0.39 is 5.92 Å². The number of carbonyl (C=O) groups excluding carboxylic acids is 2. The SMILES string of the molecule is CCCC1CCC([C@@H]2CC[C@@H](C(=O)OCC)C(=O)C2)CC1. The van der Waals surface area contributed by atoms with Crippen LogP contribution in [-0.4, -0.2) is 18.4 Å². The van der Waals surface area contributed by atoms with E-state index in [1.807, 2.05) is 0 Å². The number of rotatable bonds is 5. The first kappa shape index (κ1) is 16.5. The molecule has 2 aliphatic carbocycles. The van der Waals surface area contributed by atoms with E-state index in [-0.39, 0.29) is 11.8 Å². The Balaban J connectivity index is 1.80. The molecule has 0 spiro atoms. The zero-order chi connectivity index (χ0) is 15.2. The van der Waals surface area contributed by atoms with Gasteiger partial charge in [-0.2, -0.15) is 0 Å². The van der Waals surface area contributed by atoms with Crippen molar-refractivity contribution in [1.29, 1.82) is 0 Å². The molecule has 2 saturated carbocycles. The van der Waals surface area contributed by atoms with Crippen LogP contribution in [-0.2, 0) is 14.3 Å². The Kier molecular flexibility index (Phi) is 6.25. The summed E-state index contributed by atoms with van der Waals surface area (Å²) >= 11 is 0. The normalized spacial score (nSPS) is 33.7. The van der Waals surface area contributed by atoms with Gasteiger partial charge in [0.2, 0.25) is 0 Å². The van der Waals surface area contributed by atoms with Gasteiger partial charge in [-0.3, -0.25) is 9.59 Å². The predicted octanol–water partition coefficient (Wildman–Crippen LogP) is 4.14. The summed E-state index contributed by atoms with van der Waals surface area (Å²) in [5.41, 5.74) is 0. The molecule has 120 valence electrons. The minimum Gasteiger partial charge on any atom is -0.465 e. The van der Waals surface area contributed by atoms with Crippen LogP contribution in [0.25, 0.3) is 0 Å². The molecule has 0 aliphatic heterocycles. The summed E-state index contributed by atoms with van der Waals surface area (Å²) in [6.07, 6.45) is 10.2. The second-order valence-electron chi connectivity index (χ2n) is 6.88. The van der Waals surface area contributed by atoms with Gasteiger partial charge in [0.15, 0.2) is 0 Å². The molecule has 0 N–H and O–H groups in total. The van der Waals surface area contributed by atoms with Crippen molar-refractivity contribution in [3.63, 3.8) is 0 Å². The average Bonchev–Trinajstić information content (AvgIpc) is 2.48. The first-order valence-corrected chi connectivity index (χ1v) is 8.85. The van der Waals surface area contributed by atoms with E-state index in [0.29, 0.717) is 31.3 Å². The molecule has 0 amide bonds. The van der Waals surface area contributed by atoms with Crippen molar-refractivity contribution < 1.29 is 14.3 Å². The van der Waals surface area contributed by atoms with Gasteiger partial charge in [-0.05, 0) is 50.4 Å². The second kappa shape index (κ2) is 7.95. The van der Waals surface area contributed by atoms with Crippen LogP contribution < -0.4 is 0 Å². The molecule has 0 bridgehead atoms. The standard InChI is InChI=1S/C18H30O3/c1-3-5-13-6-8-14(9-7-13)15-10-11-16(17(19)12-15)18(20)21-4-2/h13-16H,3-12H2,1-2H3/t13?,14?,15-,16-/m1/s1. The van der Waals surface area contributed by atoms with Crippen molar-refractivity contribution in [3.05, 3.63) is 0 Å². The van der Waals surface area contributed by atoms with Gasteiger partial charge in [-0.1, -0.05) is 32.6 Å². The third-order valence-corrected chi connectivity index (χ3v) is 5.50.